The Bertz CT molecular complexity index is 299. The largest absolute Gasteiger partial charge is 0.154 e. The van der Waals surface area contributed by atoms with Crippen molar-refractivity contribution in [1.29, 1.82) is 0 Å². The van der Waals surface area contributed by atoms with Crippen molar-refractivity contribution < 1.29 is 0 Å². The van der Waals surface area contributed by atoms with E-state index < -0.39 is 0 Å². The molecule has 1 aliphatic rings. The zero-order chi connectivity index (χ0) is 8.55. The molecule has 2 rings (SSSR count). The van der Waals surface area contributed by atoms with Gasteiger partial charge >= 0.3 is 0 Å². The van der Waals surface area contributed by atoms with E-state index in [0.717, 1.165) is 24.5 Å². The first-order valence-corrected chi connectivity index (χ1v) is 4.64. The molecule has 0 saturated heterocycles. The Hall–Kier alpha value is -0.630. The molecule has 1 aromatic heterocycles. The van der Waals surface area contributed by atoms with Gasteiger partial charge in [-0.2, -0.15) is 5.10 Å². The summed E-state index contributed by atoms with van der Waals surface area (Å²) in [6.07, 6.45) is 3.38. The Labute approximate surface area is 77.0 Å². The zero-order valence-corrected chi connectivity index (χ0v) is 7.80. The van der Waals surface area contributed by atoms with Crippen LogP contribution < -0.4 is 0 Å². The second-order valence-electron chi connectivity index (χ2n) is 3.49. The number of fused-ring (bicyclic) bond motifs is 1. The molecule has 12 heavy (non-hydrogen) atoms. The summed E-state index contributed by atoms with van der Waals surface area (Å²) in [5.41, 5.74) is 2.42. The maximum Gasteiger partial charge on any atom is 0.152 e. The highest BCUT2D eigenvalue weighted by molar-refractivity contribution is 6.29. The molecular weight excluding hydrogens is 172 g/mol. The molecule has 1 atom stereocenters. The standard InChI is InChI=1S/C9H11ClN2/c1-6-2-3-8-7(4-6)5-9(10)12-11-8/h5-6H,2-4H2,1H3/t6-/m0/s1. The Morgan fingerprint density at radius 2 is 2.33 bits per heavy atom. The van der Waals surface area contributed by atoms with Crippen LogP contribution in [0, 0.1) is 5.92 Å². The molecule has 0 aliphatic heterocycles. The van der Waals surface area contributed by atoms with Crippen LogP contribution in [0.4, 0.5) is 0 Å². The number of hydrogen-bond acceptors (Lipinski definition) is 2. The second kappa shape index (κ2) is 3.02. The third-order valence-electron chi connectivity index (χ3n) is 2.37. The summed E-state index contributed by atoms with van der Waals surface area (Å²) < 4.78 is 0. The highest BCUT2D eigenvalue weighted by Crippen LogP contribution is 2.24. The molecule has 0 N–H and O–H groups in total. The van der Waals surface area contributed by atoms with Crippen molar-refractivity contribution in [1.82, 2.24) is 10.2 Å². The van der Waals surface area contributed by atoms with Gasteiger partial charge in [0.15, 0.2) is 5.15 Å². The maximum atomic E-state index is 5.75. The molecule has 2 nitrogen and oxygen atoms in total. The van der Waals surface area contributed by atoms with Crippen LogP contribution >= 0.6 is 11.6 Å². The minimum absolute atomic E-state index is 0.517. The molecule has 64 valence electrons. The van der Waals surface area contributed by atoms with Gasteiger partial charge in [-0.05, 0) is 36.8 Å². The van der Waals surface area contributed by atoms with E-state index in [0.29, 0.717) is 5.15 Å². The molecule has 0 spiro atoms. The predicted octanol–water partition coefficient (Wildman–Crippen LogP) is 2.25. The first kappa shape index (κ1) is 7.99. The normalized spacial score (nSPS) is 22.0. The molecule has 0 saturated carbocycles. The predicted molar refractivity (Wildman–Crippen MR) is 48.2 cm³/mol. The summed E-state index contributed by atoms with van der Waals surface area (Å²) in [5, 5.41) is 8.42. The van der Waals surface area contributed by atoms with Gasteiger partial charge in [0.05, 0.1) is 5.69 Å². The third kappa shape index (κ3) is 1.44. The molecule has 0 bridgehead atoms. The van der Waals surface area contributed by atoms with E-state index in [1.807, 2.05) is 6.07 Å². The molecule has 1 heterocycles. The lowest BCUT2D eigenvalue weighted by molar-refractivity contribution is 0.490. The van der Waals surface area contributed by atoms with Crippen LogP contribution in [0.15, 0.2) is 6.07 Å². The fourth-order valence-corrected chi connectivity index (χ4v) is 1.85. The van der Waals surface area contributed by atoms with Gasteiger partial charge in [-0.3, -0.25) is 0 Å². The molecule has 0 fully saturated rings. The van der Waals surface area contributed by atoms with Gasteiger partial charge in [0.2, 0.25) is 0 Å². The van der Waals surface area contributed by atoms with Crippen molar-refractivity contribution >= 4 is 11.6 Å². The SMILES string of the molecule is C[C@H]1CCc2nnc(Cl)cc2C1. The first-order valence-electron chi connectivity index (χ1n) is 4.26. The Balaban J connectivity index is 2.37. The highest BCUT2D eigenvalue weighted by atomic mass is 35.5. The average Bonchev–Trinajstić information content (AvgIpc) is 2.03. The second-order valence-corrected chi connectivity index (χ2v) is 3.87. The van der Waals surface area contributed by atoms with E-state index in [9.17, 15) is 0 Å². The summed E-state index contributed by atoms with van der Waals surface area (Å²) in [7, 11) is 0. The van der Waals surface area contributed by atoms with Crippen molar-refractivity contribution in [2.75, 3.05) is 0 Å². The van der Waals surface area contributed by atoms with E-state index in [2.05, 4.69) is 17.1 Å². The lowest BCUT2D eigenvalue weighted by Crippen LogP contribution is -2.13. The Kier molecular flexibility index (Phi) is 2.01. The van der Waals surface area contributed by atoms with Crippen LogP contribution in [-0.4, -0.2) is 10.2 Å². The van der Waals surface area contributed by atoms with Gasteiger partial charge in [0.1, 0.15) is 0 Å². The van der Waals surface area contributed by atoms with Crippen LogP contribution in [0.2, 0.25) is 5.15 Å². The van der Waals surface area contributed by atoms with Crippen molar-refractivity contribution in [3.63, 3.8) is 0 Å². The van der Waals surface area contributed by atoms with Crippen molar-refractivity contribution in [3.05, 3.63) is 22.5 Å². The number of hydrogen-bond donors (Lipinski definition) is 0. The maximum absolute atomic E-state index is 5.75. The van der Waals surface area contributed by atoms with Crippen molar-refractivity contribution in [3.8, 4) is 0 Å². The van der Waals surface area contributed by atoms with E-state index >= 15 is 0 Å². The highest BCUT2D eigenvalue weighted by Gasteiger charge is 2.16. The van der Waals surface area contributed by atoms with E-state index in [-0.39, 0.29) is 0 Å². The van der Waals surface area contributed by atoms with Crippen LogP contribution in [0.5, 0.6) is 0 Å². The summed E-state index contributed by atoms with van der Waals surface area (Å²) in [5.74, 6) is 0.762. The molecule has 0 radical (unpaired) electrons. The average molecular weight is 183 g/mol. The third-order valence-corrected chi connectivity index (χ3v) is 2.56. The summed E-state index contributed by atoms with van der Waals surface area (Å²) in [6, 6.07) is 1.94. The van der Waals surface area contributed by atoms with Gasteiger partial charge in [-0.15, -0.1) is 5.10 Å². The van der Waals surface area contributed by atoms with Crippen LogP contribution in [0.25, 0.3) is 0 Å². The molecule has 0 amide bonds. The molecule has 0 aromatic carbocycles. The fraction of sp³-hybridized carbons (Fsp3) is 0.556. The zero-order valence-electron chi connectivity index (χ0n) is 7.05. The lowest BCUT2D eigenvalue weighted by Gasteiger charge is -2.19. The van der Waals surface area contributed by atoms with Crippen molar-refractivity contribution in [2.45, 2.75) is 26.2 Å². The molecular formula is C9H11ClN2. The number of halogens is 1. The monoisotopic (exact) mass is 182 g/mol. The number of aryl methyl sites for hydroxylation is 1. The van der Waals surface area contributed by atoms with Gasteiger partial charge in [-0.1, -0.05) is 18.5 Å². The van der Waals surface area contributed by atoms with Gasteiger partial charge in [0.25, 0.3) is 0 Å². The van der Waals surface area contributed by atoms with E-state index in [1.165, 1.54) is 12.0 Å². The topological polar surface area (TPSA) is 25.8 Å². The fourth-order valence-electron chi connectivity index (χ4n) is 1.68. The Morgan fingerprint density at radius 1 is 1.50 bits per heavy atom. The number of aromatic nitrogens is 2. The smallest absolute Gasteiger partial charge is 0.152 e. The summed E-state index contributed by atoms with van der Waals surface area (Å²) in [4.78, 5) is 0. The van der Waals surface area contributed by atoms with Crippen LogP contribution in [0.1, 0.15) is 24.6 Å². The summed E-state index contributed by atoms with van der Waals surface area (Å²) >= 11 is 5.75. The van der Waals surface area contributed by atoms with Gasteiger partial charge in [0, 0.05) is 0 Å². The minimum atomic E-state index is 0.517. The Morgan fingerprint density at radius 3 is 3.17 bits per heavy atom. The van der Waals surface area contributed by atoms with Crippen LogP contribution in [0.3, 0.4) is 0 Å². The van der Waals surface area contributed by atoms with E-state index in [1.54, 1.807) is 0 Å². The molecule has 0 unspecified atom stereocenters. The number of nitrogens with zero attached hydrogens (tertiary/aromatic N) is 2. The quantitative estimate of drug-likeness (QED) is 0.615. The first-order chi connectivity index (χ1) is 5.75. The van der Waals surface area contributed by atoms with Crippen LogP contribution in [-0.2, 0) is 12.8 Å². The molecule has 3 heteroatoms. The molecule has 1 aliphatic carbocycles. The van der Waals surface area contributed by atoms with Gasteiger partial charge < -0.3 is 0 Å². The minimum Gasteiger partial charge on any atom is -0.154 e. The van der Waals surface area contributed by atoms with Gasteiger partial charge in [-0.25, -0.2) is 0 Å². The van der Waals surface area contributed by atoms with Crippen molar-refractivity contribution in [2.24, 2.45) is 5.92 Å². The van der Waals surface area contributed by atoms with E-state index in [4.69, 9.17) is 11.6 Å². The summed E-state index contributed by atoms with van der Waals surface area (Å²) in [6.45, 7) is 2.26. The molecule has 1 aromatic rings. The lowest BCUT2D eigenvalue weighted by atomic mass is 9.88. The number of rotatable bonds is 0.